The molecule has 2 N–H and O–H groups in total. The number of aliphatic hydroxyl groups is 1. The molecule has 1 amide bonds. The van der Waals surface area contributed by atoms with Crippen molar-refractivity contribution < 1.29 is 27.8 Å². The molecule has 0 bridgehead atoms. The molecule has 0 radical (unpaired) electrons. The van der Waals surface area contributed by atoms with E-state index in [1.54, 1.807) is 24.0 Å². The zero-order valence-electron chi connectivity index (χ0n) is 24.4. The first-order valence-corrected chi connectivity index (χ1v) is 15.9. The van der Waals surface area contributed by atoms with E-state index in [-0.39, 0.29) is 41.9 Å². The van der Waals surface area contributed by atoms with E-state index in [4.69, 9.17) is 9.47 Å². The SMILES string of the molecule is C[C@@H]1CN([C@H](C)CO)C(=O)c2cc(NS(C)(=O)=O)ccc2O[C@@H](C)CCCCO[C@@H]1CN(C)Cc1ccccc1. The predicted octanol–water partition coefficient (Wildman–Crippen LogP) is 3.99. The first kappa shape index (κ1) is 31.9. The van der Waals surface area contributed by atoms with E-state index < -0.39 is 16.1 Å². The Morgan fingerprint density at radius 1 is 1.15 bits per heavy atom. The average Bonchev–Trinajstić information content (AvgIpc) is 2.90. The fourth-order valence-electron chi connectivity index (χ4n) is 4.93. The number of fused-ring (bicyclic) bond motifs is 1. The minimum absolute atomic E-state index is 0.0419. The maximum Gasteiger partial charge on any atom is 0.258 e. The second kappa shape index (κ2) is 14.8. The summed E-state index contributed by atoms with van der Waals surface area (Å²) in [6.45, 7) is 8.04. The van der Waals surface area contributed by atoms with E-state index in [9.17, 15) is 18.3 Å². The Morgan fingerprint density at radius 3 is 2.55 bits per heavy atom. The minimum Gasteiger partial charge on any atom is -0.490 e. The van der Waals surface area contributed by atoms with Crippen LogP contribution in [0, 0.1) is 5.92 Å². The summed E-state index contributed by atoms with van der Waals surface area (Å²) in [5.41, 5.74) is 1.75. The number of carbonyl (C=O) groups excluding carboxylic acids is 1. The maximum absolute atomic E-state index is 14.1. The second-order valence-electron chi connectivity index (χ2n) is 11.1. The number of benzene rings is 2. The Labute approximate surface area is 239 Å². The molecule has 222 valence electrons. The van der Waals surface area contributed by atoms with Crippen molar-refractivity contribution in [3.63, 3.8) is 0 Å². The third-order valence-electron chi connectivity index (χ3n) is 7.14. The topological polar surface area (TPSA) is 108 Å². The molecule has 1 heterocycles. The number of amides is 1. The molecule has 0 fully saturated rings. The van der Waals surface area contributed by atoms with Gasteiger partial charge in [0.1, 0.15) is 5.75 Å². The molecule has 1 aliphatic heterocycles. The summed E-state index contributed by atoms with van der Waals surface area (Å²) in [7, 11) is -1.47. The van der Waals surface area contributed by atoms with Gasteiger partial charge in [-0.25, -0.2) is 8.42 Å². The standard InChI is InChI=1S/C30H45N3O6S/c1-22-18-33(23(2)21-34)30(35)27-17-26(31-40(5,36)37)14-15-28(27)39-24(3)11-9-10-16-38-29(22)20-32(4)19-25-12-7-6-8-13-25/h6-8,12-15,17,22-24,29,31,34H,9-11,16,18-21H2,1-5H3/t22-,23-,24+,29-/m1/s1. The number of carbonyl (C=O) groups is 1. The van der Waals surface area contributed by atoms with E-state index in [0.29, 0.717) is 25.4 Å². The van der Waals surface area contributed by atoms with Gasteiger partial charge in [0, 0.05) is 37.8 Å². The molecular weight excluding hydrogens is 530 g/mol. The summed E-state index contributed by atoms with van der Waals surface area (Å²) < 4.78 is 38.8. The molecule has 4 atom stereocenters. The third-order valence-corrected chi connectivity index (χ3v) is 7.75. The van der Waals surface area contributed by atoms with Crippen molar-refractivity contribution in [2.75, 3.05) is 44.3 Å². The van der Waals surface area contributed by atoms with Crippen molar-refractivity contribution >= 4 is 21.6 Å². The number of nitrogens with zero attached hydrogens (tertiary/aromatic N) is 2. The molecule has 0 saturated heterocycles. The van der Waals surface area contributed by atoms with Crippen molar-refractivity contribution in [1.29, 1.82) is 0 Å². The van der Waals surface area contributed by atoms with E-state index in [2.05, 4.69) is 35.7 Å². The van der Waals surface area contributed by atoms with Crippen molar-refractivity contribution in [1.82, 2.24) is 9.80 Å². The lowest BCUT2D eigenvalue weighted by molar-refractivity contribution is -0.0177. The number of aliphatic hydroxyl groups excluding tert-OH is 1. The van der Waals surface area contributed by atoms with E-state index in [1.807, 2.05) is 25.1 Å². The predicted molar refractivity (Wildman–Crippen MR) is 158 cm³/mol. The zero-order chi connectivity index (χ0) is 29.3. The summed E-state index contributed by atoms with van der Waals surface area (Å²) in [6.07, 6.45) is 3.36. The molecule has 9 nitrogen and oxygen atoms in total. The smallest absolute Gasteiger partial charge is 0.258 e. The summed E-state index contributed by atoms with van der Waals surface area (Å²) in [6, 6.07) is 14.5. The van der Waals surface area contributed by atoms with Gasteiger partial charge in [-0.05, 0) is 63.9 Å². The van der Waals surface area contributed by atoms with Crippen LogP contribution in [0.3, 0.4) is 0 Å². The van der Waals surface area contributed by atoms with Crippen LogP contribution in [0.15, 0.2) is 48.5 Å². The van der Waals surface area contributed by atoms with Crippen molar-refractivity contribution in [3.05, 3.63) is 59.7 Å². The first-order chi connectivity index (χ1) is 19.0. The molecule has 0 unspecified atom stereocenters. The summed E-state index contributed by atoms with van der Waals surface area (Å²) in [5.74, 6) is 0.0210. The lowest BCUT2D eigenvalue weighted by Crippen LogP contribution is -2.47. The van der Waals surface area contributed by atoms with Gasteiger partial charge >= 0.3 is 0 Å². The second-order valence-corrected chi connectivity index (χ2v) is 12.8. The number of ether oxygens (including phenoxy) is 2. The maximum atomic E-state index is 14.1. The van der Waals surface area contributed by atoms with E-state index >= 15 is 0 Å². The zero-order valence-corrected chi connectivity index (χ0v) is 25.2. The van der Waals surface area contributed by atoms with Gasteiger partial charge < -0.3 is 19.5 Å². The molecule has 1 aliphatic rings. The molecule has 10 heteroatoms. The molecule has 0 aromatic heterocycles. The van der Waals surface area contributed by atoms with Crippen molar-refractivity contribution in [3.8, 4) is 5.75 Å². The Bertz CT molecular complexity index is 1190. The lowest BCUT2D eigenvalue weighted by Gasteiger charge is -2.36. The monoisotopic (exact) mass is 575 g/mol. The highest BCUT2D eigenvalue weighted by atomic mass is 32.2. The molecule has 2 aromatic carbocycles. The number of anilines is 1. The Balaban J connectivity index is 1.92. The van der Waals surface area contributed by atoms with E-state index in [1.165, 1.54) is 11.6 Å². The highest BCUT2D eigenvalue weighted by Gasteiger charge is 2.30. The van der Waals surface area contributed by atoms with Crippen LogP contribution >= 0.6 is 0 Å². The number of hydrogen-bond acceptors (Lipinski definition) is 7. The Hall–Kier alpha value is -2.66. The number of nitrogens with one attached hydrogen (secondary N) is 1. The van der Waals surface area contributed by atoms with Crippen LogP contribution in [-0.4, -0.2) is 87.1 Å². The molecule has 40 heavy (non-hydrogen) atoms. The average molecular weight is 576 g/mol. The van der Waals surface area contributed by atoms with Gasteiger partial charge in [0.2, 0.25) is 10.0 Å². The van der Waals surface area contributed by atoms with Crippen LogP contribution in [0.25, 0.3) is 0 Å². The Morgan fingerprint density at radius 2 is 1.88 bits per heavy atom. The van der Waals surface area contributed by atoms with Gasteiger partial charge in [0.25, 0.3) is 5.91 Å². The summed E-state index contributed by atoms with van der Waals surface area (Å²) in [5, 5.41) is 10.1. The highest BCUT2D eigenvalue weighted by Crippen LogP contribution is 2.29. The van der Waals surface area contributed by atoms with Crippen LogP contribution in [-0.2, 0) is 21.3 Å². The minimum atomic E-state index is -3.54. The molecule has 2 aromatic rings. The highest BCUT2D eigenvalue weighted by molar-refractivity contribution is 7.92. The van der Waals surface area contributed by atoms with Gasteiger partial charge in [0.05, 0.1) is 36.7 Å². The largest absolute Gasteiger partial charge is 0.490 e. The molecular formula is C30H45N3O6S. The number of likely N-dealkylation sites (N-methyl/N-ethyl adjacent to an activating group) is 1. The van der Waals surface area contributed by atoms with Crippen LogP contribution < -0.4 is 9.46 Å². The Kier molecular flexibility index (Phi) is 11.8. The van der Waals surface area contributed by atoms with Crippen molar-refractivity contribution in [2.24, 2.45) is 5.92 Å². The fraction of sp³-hybridized carbons (Fsp3) is 0.567. The van der Waals surface area contributed by atoms with Gasteiger partial charge in [-0.15, -0.1) is 0 Å². The quantitative estimate of drug-likeness (QED) is 0.490. The van der Waals surface area contributed by atoms with Crippen LogP contribution in [0.5, 0.6) is 5.75 Å². The lowest BCUT2D eigenvalue weighted by atomic mass is 10.0. The summed E-state index contributed by atoms with van der Waals surface area (Å²) in [4.78, 5) is 17.9. The van der Waals surface area contributed by atoms with E-state index in [0.717, 1.165) is 32.1 Å². The third kappa shape index (κ3) is 9.76. The normalized spacial score (nSPS) is 22.2. The van der Waals surface area contributed by atoms with Gasteiger partial charge in [-0.1, -0.05) is 37.3 Å². The van der Waals surface area contributed by atoms with Gasteiger partial charge in [-0.3, -0.25) is 14.4 Å². The van der Waals surface area contributed by atoms with Crippen molar-refractivity contribution in [2.45, 2.75) is 64.8 Å². The fourth-order valence-corrected chi connectivity index (χ4v) is 5.48. The molecule has 0 saturated carbocycles. The number of sulfonamides is 1. The van der Waals surface area contributed by atoms with Crippen LogP contribution in [0.2, 0.25) is 0 Å². The summed E-state index contributed by atoms with van der Waals surface area (Å²) >= 11 is 0. The van der Waals surface area contributed by atoms with Gasteiger partial charge in [-0.2, -0.15) is 0 Å². The first-order valence-electron chi connectivity index (χ1n) is 14.0. The van der Waals surface area contributed by atoms with Crippen LogP contribution in [0.1, 0.15) is 56.0 Å². The molecule has 0 aliphatic carbocycles. The number of hydrogen-bond donors (Lipinski definition) is 2. The molecule has 0 spiro atoms. The molecule has 3 rings (SSSR count). The van der Waals surface area contributed by atoms with Gasteiger partial charge in [0.15, 0.2) is 0 Å². The number of rotatable bonds is 8. The van der Waals surface area contributed by atoms with Crippen LogP contribution in [0.4, 0.5) is 5.69 Å².